The molecule has 0 aliphatic rings. The molecule has 0 heterocycles. The standard InChI is InChI=1S/C19H31NO4/c1-4-6-8-15(5-2)12-20-13-17(21)14-24-18-10-7-9-16(11-18)19(22)23-3/h7,9-11,15,17,20-21H,4-6,8,12-14H2,1-3H3/t15-,17+/m1/s1. The predicted molar refractivity (Wildman–Crippen MR) is 95.5 cm³/mol. The van der Waals surface area contributed by atoms with Crippen LogP contribution in [0.1, 0.15) is 49.9 Å². The lowest BCUT2D eigenvalue weighted by Gasteiger charge is -2.18. The fraction of sp³-hybridized carbons (Fsp3) is 0.632. The van der Waals surface area contributed by atoms with Crippen LogP contribution in [0.15, 0.2) is 24.3 Å². The van der Waals surface area contributed by atoms with Gasteiger partial charge in [0, 0.05) is 6.54 Å². The van der Waals surface area contributed by atoms with Crippen LogP contribution in [-0.2, 0) is 4.74 Å². The van der Waals surface area contributed by atoms with Crippen molar-refractivity contribution in [2.75, 3.05) is 26.8 Å². The number of methoxy groups -OCH3 is 1. The summed E-state index contributed by atoms with van der Waals surface area (Å²) in [5.41, 5.74) is 0.435. The molecule has 0 saturated carbocycles. The Bertz CT molecular complexity index is 478. The third-order valence-electron chi connectivity index (χ3n) is 4.05. The third-order valence-corrected chi connectivity index (χ3v) is 4.05. The Morgan fingerprint density at radius 1 is 1.29 bits per heavy atom. The molecule has 24 heavy (non-hydrogen) atoms. The maximum absolute atomic E-state index is 11.5. The molecular formula is C19H31NO4. The molecule has 0 amide bonds. The summed E-state index contributed by atoms with van der Waals surface area (Å²) >= 11 is 0. The Hall–Kier alpha value is -1.59. The number of esters is 1. The molecule has 1 aromatic rings. The van der Waals surface area contributed by atoms with Crippen LogP contribution in [0.25, 0.3) is 0 Å². The van der Waals surface area contributed by atoms with Crippen LogP contribution < -0.4 is 10.1 Å². The first kappa shape index (κ1) is 20.5. The van der Waals surface area contributed by atoms with E-state index in [-0.39, 0.29) is 6.61 Å². The van der Waals surface area contributed by atoms with E-state index >= 15 is 0 Å². The number of rotatable bonds is 12. The maximum Gasteiger partial charge on any atom is 0.337 e. The SMILES string of the molecule is CCCC[C@@H](CC)CNC[C@H](O)COc1cccc(C(=O)OC)c1. The van der Waals surface area contributed by atoms with Gasteiger partial charge < -0.3 is 19.9 Å². The molecule has 0 aromatic heterocycles. The van der Waals surface area contributed by atoms with Gasteiger partial charge in [0.2, 0.25) is 0 Å². The summed E-state index contributed by atoms with van der Waals surface area (Å²) in [5.74, 6) is 0.807. The van der Waals surface area contributed by atoms with Gasteiger partial charge in [-0.2, -0.15) is 0 Å². The first-order valence-electron chi connectivity index (χ1n) is 8.80. The monoisotopic (exact) mass is 337 g/mol. The van der Waals surface area contributed by atoms with E-state index in [4.69, 9.17) is 4.74 Å². The Morgan fingerprint density at radius 3 is 2.75 bits per heavy atom. The molecule has 0 aliphatic carbocycles. The lowest BCUT2D eigenvalue weighted by molar-refractivity contribution is 0.0600. The highest BCUT2D eigenvalue weighted by Gasteiger charge is 2.10. The molecule has 136 valence electrons. The first-order chi connectivity index (χ1) is 11.6. The summed E-state index contributed by atoms with van der Waals surface area (Å²) in [5, 5.41) is 13.3. The number of nitrogens with one attached hydrogen (secondary N) is 1. The second-order valence-corrected chi connectivity index (χ2v) is 6.06. The topological polar surface area (TPSA) is 67.8 Å². The van der Waals surface area contributed by atoms with Crippen molar-refractivity contribution in [2.45, 2.75) is 45.6 Å². The number of carbonyl (C=O) groups is 1. The fourth-order valence-corrected chi connectivity index (χ4v) is 2.48. The molecule has 0 radical (unpaired) electrons. The number of hydrogen-bond acceptors (Lipinski definition) is 5. The van der Waals surface area contributed by atoms with E-state index in [1.54, 1.807) is 24.3 Å². The number of aliphatic hydroxyl groups is 1. The van der Waals surface area contributed by atoms with Crippen LogP contribution in [0.5, 0.6) is 5.75 Å². The van der Waals surface area contributed by atoms with Gasteiger partial charge in [0.1, 0.15) is 18.5 Å². The maximum atomic E-state index is 11.5. The molecule has 0 unspecified atom stereocenters. The summed E-state index contributed by atoms with van der Waals surface area (Å²) in [6, 6.07) is 6.76. The number of carbonyl (C=O) groups excluding carboxylic acids is 1. The van der Waals surface area contributed by atoms with E-state index in [2.05, 4.69) is 23.9 Å². The summed E-state index contributed by atoms with van der Waals surface area (Å²) in [6.45, 7) is 6.01. The number of hydrogen-bond donors (Lipinski definition) is 2. The van der Waals surface area contributed by atoms with Gasteiger partial charge in [0.25, 0.3) is 0 Å². The highest BCUT2D eigenvalue weighted by atomic mass is 16.5. The van der Waals surface area contributed by atoms with E-state index < -0.39 is 12.1 Å². The van der Waals surface area contributed by atoms with Gasteiger partial charge in [-0.25, -0.2) is 4.79 Å². The summed E-state index contributed by atoms with van der Waals surface area (Å²) in [6.07, 6.45) is 4.27. The van der Waals surface area contributed by atoms with Crippen LogP contribution in [0, 0.1) is 5.92 Å². The highest BCUT2D eigenvalue weighted by molar-refractivity contribution is 5.89. The van der Waals surface area contributed by atoms with Gasteiger partial charge in [0.15, 0.2) is 0 Å². The fourth-order valence-electron chi connectivity index (χ4n) is 2.48. The van der Waals surface area contributed by atoms with Gasteiger partial charge in [-0.3, -0.25) is 0 Å². The van der Waals surface area contributed by atoms with Gasteiger partial charge in [-0.05, 0) is 37.1 Å². The largest absolute Gasteiger partial charge is 0.491 e. The zero-order valence-corrected chi connectivity index (χ0v) is 15.1. The van der Waals surface area contributed by atoms with Gasteiger partial charge in [0.05, 0.1) is 12.7 Å². The van der Waals surface area contributed by atoms with Crippen molar-refractivity contribution in [3.05, 3.63) is 29.8 Å². The number of unbranched alkanes of at least 4 members (excludes halogenated alkanes) is 1. The van der Waals surface area contributed by atoms with Crippen molar-refractivity contribution in [3.8, 4) is 5.75 Å². The second-order valence-electron chi connectivity index (χ2n) is 6.06. The van der Waals surface area contributed by atoms with E-state index in [0.29, 0.717) is 23.8 Å². The number of aliphatic hydroxyl groups excluding tert-OH is 1. The van der Waals surface area contributed by atoms with Crippen molar-refractivity contribution in [1.82, 2.24) is 5.32 Å². The summed E-state index contributed by atoms with van der Waals surface area (Å²) in [7, 11) is 1.34. The van der Waals surface area contributed by atoms with Crippen LogP contribution in [0.2, 0.25) is 0 Å². The van der Waals surface area contributed by atoms with Crippen molar-refractivity contribution < 1.29 is 19.4 Å². The van der Waals surface area contributed by atoms with Crippen molar-refractivity contribution in [3.63, 3.8) is 0 Å². The molecule has 5 nitrogen and oxygen atoms in total. The minimum absolute atomic E-state index is 0.184. The lowest BCUT2D eigenvalue weighted by Crippen LogP contribution is -2.34. The van der Waals surface area contributed by atoms with E-state index in [1.807, 2.05) is 0 Å². The second kappa shape index (κ2) is 11.9. The molecule has 0 bridgehead atoms. The van der Waals surface area contributed by atoms with Crippen LogP contribution in [0.4, 0.5) is 0 Å². The number of benzene rings is 1. The first-order valence-corrected chi connectivity index (χ1v) is 8.80. The van der Waals surface area contributed by atoms with E-state index in [0.717, 1.165) is 13.0 Å². The quantitative estimate of drug-likeness (QED) is 0.574. The molecular weight excluding hydrogens is 306 g/mol. The minimum Gasteiger partial charge on any atom is -0.491 e. The van der Waals surface area contributed by atoms with E-state index in [9.17, 15) is 9.90 Å². The lowest BCUT2D eigenvalue weighted by atomic mass is 9.99. The molecule has 0 fully saturated rings. The summed E-state index contributed by atoms with van der Waals surface area (Å²) in [4.78, 5) is 11.5. The smallest absolute Gasteiger partial charge is 0.337 e. The number of ether oxygens (including phenoxy) is 2. The highest BCUT2D eigenvalue weighted by Crippen LogP contribution is 2.14. The van der Waals surface area contributed by atoms with E-state index in [1.165, 1.54) is 26.4 Å². The van der Waals surface area contributed by atoms with Crippen molar-refractivity contribution in [1.29, 1.82) is 0 Å². The van der Waals surface area contributed by atoms with Crippen LogP contribution in [0.3, 0.4) is 0 Å². The Labute approximate surface area is 145 Å². The molecule has 0 aliphatic heterocycles. The average molecular weight is 337 g/mol. The van der Waals surface area contributed by atoms with Gasteiger partial charge >= 0.3 is 5.97 Å². The molecule has 1 aromatic carbocycles. The van der Waals surface area contributed by atoms with Crippen LogP contribution >= 0.6 is 0 Å². The van der Waals surface area contributed by atoms with Gasteiger partial charge in [-0.1, -0.05) is 39.2 Å². The van der Waals surface area contributed by atoms with Crippen molar-refractivity contribution >= 4 is 5.97 Å². The van der Waals surface area contributed by atoms with Crippen LogP contribution in [-0.4, -0.2) is 44.0 Å². The normalized spacial score (nSPS) is 13.3. The Balaban J connectivity index is 2.30. The van der Waals surface area contributed by atoms with Crippen molar-refractivity contribution in [2.24, 2.45) is 5.92 Å². The minimum atomic E-state index is -0.588. The Kier molecular flexibility index (Phi) is 10.1. The zero-order valence-electron chi connectivity index (χ0n) is 15.1. The Morgan fingerprint density at radius 2 is 2.08 bits per heavy atom. The molecule has 5 heteroatoms. The zero-order chi connectivity index (χ0) is 17.8. The molecule has 1 rings (SSSR count). The van der Waals surface area contributed by atoms with Gasteiger partial charge in [-0.15, -0.1) is 0 Å². The molecule has 2 N–H and O–H groups in total. The molecule has 0 spiro atoms. The summed E-state index contributed by atoms with van der Waals surface area (Å²) < 4.78 is 10.2. The third kappa shape index (κ3) is 7.79. The molecule has 2 atom stereocenters. The predicted octanol–water partition coefficient (Wildman–Crippen LogP) is 3.02. The molecule has 0 saturated heterocycles. The average Bonchev–Trinajstić information content (AvgIpc) is 2.62.